The Kier molecular flexibility index (Phi) is 7.24. The third-order valence-electron chi connectivity index (χ3n) is 6.13. The molecule has 176 valence electrons. The lowest BCUT2D eigenvalue weighted by molar-refractivity contribution is -0.119. The average molecular weight is 466 g/mol. The highest BCUT2D eigenvalue weighted by Gasteiger charge is 2.37. The number of nitrogens with zero attached hydrogens (tertiary/aromatic N) is 2. The Bertz CT molecular complexity index is 1280. The predicted molar refractivity (Wildman–Crippen MR) is 138 cm³/mol. The molecule has 3 aromatic carbocycles. The first-order valence-corrected chi connectivity index (χ1v) is 11.4. The van der Waals surface area contributed by atoms with Gasteiger partial charge in [-0.25, -0.2) is 0 Å². The fourth-order valence-electron chi connectivity index (χ4n) is 4.28. The Hall–Kier alpha value is -4.41. The molecule has 0 saturated carbocycles. The topological polar surface area (TPSA) is 111 Å². The number of rotatable bonds is 6. The van der Waals surface area contributed by atoms with Crippen LogP contribution in [0.15, 0.2) is 78.9 Å². The molecule has 4 rings (SSSR count). The molecule has 0 radical (unpaired) electrons. The molecule has 1 fully saturated rings. The van der Waals surface area contributed by atoms with Gasteiger partial charge in [-0.1, -0.05) is 36.4 Å². The molecule has 1 aliphatic heterocycles. The molecule has 0 aromatic heterocycles. The van der Waals surface area contributed by atoms with Gasteiger partial charge in [0.25, 0.3) is 0 Å². The van der Waals surface area contributed by atoms with Gasteiger partial charge in [0.1, 0.15) is 0 Å². The maximum Gasteiger partial charge on any atom is 0.248 e. The van der Waals surface area contributed by atoms with E-state index in [1.165, 1.54) is 6.08 Å². The third-order valence-corrected chi connectivity index (χ3v) is 6.13. The van der Waals surface area contributed by atoms with Crippen LogP contribution in [-0.4, -0.2) is 36.9 Å². The third kappa shape index (κ3) is 5.94. The maximum absolute atomic E-state index is 13.0. The van der Waals surface area contributed by atoms with Crippen LogP contribution in [0.4, 0.5) is 17.1 Å². The van der Waals surface area contributed by atoms with Crippen molar-refractivity contribution < 1.29 is 9.59 Å². The SMILES string of the molecule is CN1CC(C(=O)Nc2ccc(C#N)cc2)C(c2ccc(/C=C/C(=O)Nc3ccccc3N)cc2)C1. The highest BCUT2D eigenvalue weighted by Crippen LogP contribution is 2.33. The Morgan fingerprint density at radius 3 is 2.40 bits per heavy atom. The molecule has 7 heteroatoms. The van der Waals surface area contributed by atoms with Crippen LogP contribution in [0, 0.1) is 17.2 Å². The number of nitrogen functional groups attached to an aromatic ring is 1. The van der Waals surface area contributed by atoms with Crippen LogP contribution in [-0.2, 0) is 9.59 Å². The summed E-state index contributed by atoms with van der Waals surface area (Å²) in [4.78, 5) is 27.4. The number of benzene rings is 3. The van der Waals surface area contributed by atoms with Crippen molar-refractivity contribution in [2.45, 2.75) is 5.92 Å². The van der Waals surface area contributed by atoms with Crippen molar-refractivity contribution >= 4 is 35.0 Å². The smallest absolute Gasteiger partial charge is 0.248 e. The Morgan fingerprint density at radius 2 is 1.71 bits per heavy atom. The minimum atomic E-state index is -0.260. The zero-order valence-electron chi connectivity index (χ0n) is 19.4. The highest BCUT2D eigenvalue weighted by molar-refractivity contribution is 6.03. The Labute approximate surface area is 204 Å². The molecule has 1 heterocycles. The van der Waals surface area contributed by atoms with Crippen LogP contribution in [0.3, 0.4) is 0 Å². The number of hydrogen-bond acceptors (Lipinski definition) is 5. The van der Waals surface area contributed by atoms with E-state index in [-0.39, 0.29) is 23.7 Å². The van der Waals surface area contributed by atoms with Crippen LogP contribution in [0.2, 0.25) is 0 Å². The van der Waals surface area contributed by atoms with Crippen LogP contribution in [0.1, 0.15) is 22.6 Å². The second-order valence-corrected chi connectivity index (χ2v) is 8.69. The number of amides is 2. The molecule has 1 saturated heterocycles. The van der Waals surface area contributed by atoms with E-state index in [0.717, 1.165) is 17.7 Å². The molecule has 1 aliphatic rings. The molecule has 0 bridgehead atoms. The van der Waals surface area contributed by atoms with Crippen LogP contribution in [0.5, 0.6) is 0 Å². The molecular weight excluding hydrogens is 438 g/mol. The Balaban J connectivity index is 1.40. The number of carbonyl (C=O) groups excluding carboxylic acids is 2. The number of carbonyl (C=O) groups is 2. The first kappa shape index (κ1) is 23.7. The van der Waals surface area contributed by atoms with Gasteiger partial charge in [-0.15, -0.1) is 0 Å². The standard InChI is InChI=1S/C28H27N5O2/c1-33-17-23(24(18-33)28(35)31-22-13-8-20(16-29)9-14-22)21-11-6-19(7-12-21)10-15-27(34)32-26-5-3-2-4-25(26)30/h2-15,23-24H,17-18,30H2,1H3,(H,31,35)(H,32,34)/b15-10+. The van der Waals surface area contributed by atoms with E-state index in [0.29, 0.717) is 29.2 Å². The highest BCUT2D eigenvalue weighted by atomic mass is 16.2. The van der Waals surface area contributed by atoms with Crippen molar-refractivity contribution in [2.24, 2.45) is 5.92 Å². The second kappa shape index (κ2) is 10.7. The number of hydrogen-bond donors (Lipinski definition) is 3. The summed E-state index contributed by atoms with van der Waals surface area (Å²) in [6.07, 6.45) is 3.22. The van der Waals surface area contributed by atoms with Gasteiger partial charge in [-0.2, -0.15) is 5.26 Å². The van der Waals surface area contributed by atoms with Gasteiger partial charge >= 0.3 is 0 Å². The minimum absolute atomic E-state index is 0.0371. The molecule has 0 aliphatic carbocycles. The molecule has 4 N–H and O–H groups in total. The number of likely N-dealkylation sites (N-methyl/N-ethyl adjacent to an activating group) is 1. The summed E-state index contributed by atoms with van der Waals surface area (Å²) < 4.78 is 0. The summed E-state index contributed by atoms with van der Waals surface area (Å²) in [5.74, 6) is -0.436. The number of likely N-dealkylation sites (tertiary alicyclic amines) is 1. The average Bonchev–Trinajstić information content (AvgIpc) is 3.27. The molecule has 35 heavy (non-hydrogen) atoms. The van der Waals surface area contributed by atoms with Gasteiger partial charge in [0.15, 0.2) is 0 Å². The first-order valence-electron chi connectivity index (χ1n) is 11.4. The Morgan fingerprint density at radius 1 is 1.00 bits per heavy atom. The van der Waals surface area contributed by atoms with E-state index >= 15 is 0 Å². The van der Waals surface area contributed by atoms with E-state index in [1.54, 1.807) is 42.5 Å². The van der Waals surface area contributed by atoms with Crippen LogP contribution in [0.25, 0.3) is 6.08 Å². The second-order valence-electron chi connectivity index (χ2n) is 8.69. The number of nitriles is 1. The molecule has 0 spiro atoms. The zero-order valence-corrected chi connectivity index (χ0v) is 19.4. The van der Waals surface area contributed by atoms with Gasteiger partial charge in [0.05, 0.1) is 28.9 Å². The number of nitrogens with two attached hydrogens (primary N) is 1. The van der Waals surface area contributed by atoms with Gasteiger partial charge in [-0.3, -0.25) is 9.59 Å². The van der Waals surface area contributed by atoms with Crippen molar-refractivity contribution in [1.82, 2.24) is 4.90 Å². The minimum Gasteiger partial charge on any atom is -0.397 e. The van der Waals surface area contributed by atoms with Crippen molar-refractivity contribution in [1.29, 1.82) is 5.26 Å². The van der Waals surface area contributed by atoms with Gasteiger partial charge in [0, 0.05) is 30.8 Å². The summed E-state index contributed by atoms with van der Waals surface area (Å²) in [6, 6.07) is 24.0. The largest absolute Gasteiger partial charge is 0.397 e. The molecule has 7 nitrogen and oxygen atoms in total. The number of anilines is 3. The fourth-order valence-corrected chi connectivity index (χ4v) is 4.28. The van der Waals surface area contributed by atoms with Crippen LogP contribution >= 0.6 is 0 Å². The summed E-state index contributed by atoms with van der Waals surface area (Å²) >= 11 is 0. The summed E-state index contributed by atoms with van der Waals surface area (Å²) in [5, 5.41) is 14.7. The van der Waals surface area contributed by atoms with Gasteiger partial charge in [-0.05, 0) is 60.6 Å². The van der Waals surface area contributed by atoms with Crippen LogP contribution < -0.4 is 16.4 Å². The molecule has 2 atom stereocenters. The van der Waals surface area contributed by atoms with Crippen molar-refractivity contribution in [3.05, 3.63) is 95.6 Å². The van der Waals surface area contributed by atoms with E-state index < -0.39 is 0 Å². The lowest BCUT2D eigenvalue weighted by Crippen LogP contribution is -2.28. The maximum atomic E-state index is 13.0. The number of nitrogens with one attached hydrogen (secondary N) is 2. The van der Waals surface area contributed by atoms with Crippen molar-refractivity contribution in [3.8, 4) is 6.07 Å². The van der Waals surface area contributed by atoms with Gasteiger partial charge < -0.3 is 21.3 Å². The zero-order chi connectivity index (χ0) is 24.8. The molecular formula is C28H27N5O2. The fraction of sp³-hybridized carbons (Fsp3) is 0.179. The quantitative estimate of drug-likeness (QED) is 0.375. The number of para-hydroxylation sites is 2. The molecule has 3 aromatic rings. The lowest BCUT2D eigenvalue weighted by atomic mass is 9.88. The molecule has 2 amide bonds. The van der Waals surface area contributed by atoms with E-state index in [2.05, 4.69) is 21.6 Å². The van der Waals surface area contributed by atoms with Crippen molar-refractivity contribution in [3.63, 3.8) is 0 Å². The monoisotopic (exact) mass is 465 g/mol. The first-order chi connectivity index (χ1) is 16.9. The predicted octanol–water partition coefficient (Wildman–Crippen LogP) is 4.08. The normalized spacial score (nSPS) is 17.7. The summed E-state index contributed by atoms with van der Waals surface area (Å²) in [7, 11) is 2.01. The van der Waals surface area contributed by atoms with E-state index in [1.807, 2.05) is 43.4 Å². The van der Waals surface area contributed by atoms with Crippen molar-refractivity contribution in [2.75, 3.05) is 36.5 Å². The summed E-state index contributed by atoms with van der Waals surface area (Å²) in [6.45, 7) is 1.44. The van der Waals surface area contributed by atoms with E-state index in [9.17, 15) is 9.59 Å². The van der Waals surface area contributed by atoms with E-state index in [4.69, 9.17) is 11.0 Å². The summed E-state index contributed by atoms with van der Waals surface area (Å²) in [5.41, 5.74) is 10.1. The molecule has 2 unspecified atom stereocenters. The lowest BCUT2D eigenvalue weighted by Gasteiger charge is -2.19. The van der Waals surface area contributed by atoms with Gasteiger partial charge in [0.2, 0.25) is 11.8 Å².